The van der Waals surface area contributed by atoms with E-state index in [2.05, 4.69) is 83.6 Å². The monoisotopic (exact) mass is 414 g/mol. The predicted molar refractivity (Wildman–Crippen MR) is 129 cm³/mol. The van der Waals surface area contributed by atoms with E-state index in [0.29, 0.717) is 17.3 Å². The Morgan fingerprint density at radius 2 is 1.77 bits per heavy atom. The maximum absolute atomic E-state index is 6.83. The third-order valence-corrected chi connectivity index (χ3v) is 7.95. The molecule has 2 nitrogen and oxygen atoms in total. The summed E-state index contributed by atoms with van der Waals surface area (Å²) in [4.78, 5) is 0. The Morgan fingerprint density at radius 1 is 1.06 bits per heavy atom. The molecule has 1 aliphatic heterocycles. The van der Waals surface area contributed by atoms with Crippen LogP contribution in [-0.4, -0.2) is 0 Å². The number of rotatable bonds is 2. The first-order chi connectivity index (χ1) is 14.7. The van der Waals surface area contributed by atoms with E-state index in [0.717, 1.165) is 11.5 Å². The lowest BCUT2D eigenvalue weighted by Gasteiger charge is -2.35. The zero-order valence-corrected chi connectivity index (χ0v) is 20.2. The van der Waals surface area contributed by atoms with Gasteiger partial charge in [0.2, 0.25) is 5.75 Å². The second-order valence-corrected chi connectivity index (χ2v) is 11.1. The van der Waals surface area contributed by atoms with E-state index >= 15 is 0 Å². The minimum Gasteiger partial charge on any atom is -0.449 e. The van der Waals surface area contributed by atoms with Gasteiger partial charge in [0.1, 0.15) is 12.8 Å². The van der Waals surface area contributed by atoms with Crippen LogP contribution in [0.1, 0.15) is 87.5 Å². The lowest BCUT2D eigenvalue weighted by molar-refractivity contribution is -0.660. The average molecular weight is 415 g/mol. The number of pyridine rings is 1. The summed E-state index contributed by atoms with van der Waals surface area (Å²) < 4.78 is 9.10. The molecule has 0 N–H and O–H groups in total. The summed E-state index contributed by atoms with van der Waals surface area (Å²) >= 11 is 0. The number of hydrogen-bond acceptors (Lipinski definition) is 1. The zero-order valence-electron chi connectivity index (χ0n) is 20.2. The van der Waals surface area contributed by atoms with Crippen LogP contribution in [0.4, 0.5) is 0 Å². The van der Waals surface area contributed by atoms with E-state index in [1.165, 1.54) is 70.0 Å². The van der Waals surface area contributed by atoms with E-state index < -0.39 is 0 Å². The standard InChI is InChI=1S/C29H36NO/c1-17(2)21-15-22-14-18(3)19(4)25-26(22)24(16-21)31-28-23(10-13-30(7)27(25)28)20-8-11-29(5,6)12-9-20/h10,13-17,20H,8-9,11-12H2,1-7H3/q+1. The number of nitrogens with zero attached hydrogens (tertiary/aromatic N) is 1. The van der Waals surface area contributed by atoms with Gasteiger partial charge in [0.15, 0.2) is 6.20 Å². The molecule has 0 atom stereocenters. The first-order valence-corrected chi connectivity index (χ1v) is 11.9. The molecule has 1 fully saturated rings. The molecular weight excluding hydrogens is 378 g/mol. The smallest absolute Gasteiger partial charge is 0.256 e. The highest BCUT2D eigenvalue weighted by molar-refractivity contribution is 6.05. The molecule has 5 rings (SSSR count). The Bertz CT molecular complexity index is 1190. The normalized spacial score (nSPS) is 17.7. The van der Waals surface area contributed by atoms with Crippen molar-refractivity contribution in [3.05, 3.63) is 52.7 Å². The van der Waals surface area contributed by atoms with Crippen LogP contribution in [0.25, 0.3) is 22.0 Å². The van der Waals surface area contributed by atoms with Gasteiger partial charge in [0.25, 0.3) is 5.69 Å². The largest absolute Gasteiger partial charge is 0.449 e. The fraction of sp³-hybridized carbons (Fsp3) is 0.483. The molecule has 0 saturated heterocycles. The van der Waals surface area contributed by atoms with Gasteiger partial charge in [-0.05, 0) is 84.9 Å². The number of aromatic nitrogens is 1. The first kappa shape index (κ1) is 20.5. The molecule has 0 unspecified atom stereocenters. The Kier molecular flexibility index (Phi) is 4.70. The summed E-state index contributed by atoms with van der Waals surface area (Å²) in [6, 6.07) is 9.31. The van der Waals surface area contributed by atoms with Gasteiger partial charge in [-0.1, -0.05) is 39.8 Å². The molecule has 0 radical (unpaired) electrons. The molecule has 0 spiro atoms. The van der Waals surface area contributed by atoms with Crippen LogP contribution in [0.3, 0.4) is 0 Å². The molecule has 0 amide bonds. The summed E-state index contributed by atoms with van der Waals surface area (Å²) in [7, 11) is 2.16. The van der Waals surface area contributed by atoms with Gasteiger partial charge in [-0.15, -0.1) is 0 Å². The van der Waals surface area contributed by atoms with Gasteiger partial charge in [0.05, 0.1) is 5.56 Å². The summed E-state index contributed by atoms with van der Waals surface area (Å²) in [5.41, 5.74) is 8.55. The number of hydrogen-bond donors (Lipinski definition) is 0. The van der Waals surface area contributed by atoms with Gasteiger partial charge in [-0.2, -0.15) is 4.57 Å². The number of benzene rings is 2. The van der Waals surface area contributed by atoms with E-state index in [9.17, 15) is 0 Å². The highest BCUT2D eigenvalue weighted by Gasteiger charge is 2.36. The van der Waals surface area contributed by atoms with Crippen LogP contribution >= 0.6 is 0 Å². The van der Waals surface area contributed by atoms with Gasteiger partial charge in [0, 0.05) is 17.0 Å². The number of ether oxygens (including phenoxy) is 1. The predicted octanol–water partition coefficient (Wildman–Crippen LogP) is 7.86. The summed E-state index contributed by atoms with van der Waals surface area (Å²) in [5.74, 6) is 3.19. The molecule has 3 aromatic rings. The Hall–Kier alpha value is -2.35. The Balaban J connectivity index is 1.77. The molecule has 162 valence electrons. The average Bonchev–Trinajstić information content (AvgIpc) is 2.71. The van der Waals surface area contributed by atoms with Gasteiger partial charge in [-0.25, -0.2) is 0 Å². The second-order valence-electron chi connectivity index (χ2n) is 11.1. The van der Waals surface area contributed by atoms with Crippen molar-refractivity contribution >= 4 is 10.8 Å². The summed E-state index contributed by atoms with van der Waals surface area (Å²) in [5, 5.41) is 2.58. The van der Waals surface area contributed by atoms with E-state index in [-0.39, 0.29) is 0 Å². The molecule has 31 heavy (non-hydrogen) atoms. The zero-order chi connectivity index (χ0) is 22.1. The maximum atomic E-state index is 6.83. The van der Waals surface area contributed by atoms with Crippen molar-refractivity contribution in [2.75, 3.05) is 0 Å². The molecule has 0 bridgehead atoms. The molecular formula is C29H36NO+. The minimum atomic E-state index is 0.467. The quantitative estimate of drug-likeness (QED) is 0.304. The van der Waals surface area contributed by atoms with Crippen molar-refractivity contribution in [2.24, 2.45) is 12.5 Å². The van der Waals surface area contributed by atoms with Crippen LogP contribution < -0.4 is 9.30 Å². The van der Waals surface area contributed by atoms with Crippen LogP contribution in [-0.2, 0) is 7.05 Å². The van der Waals surface area contributed by atoms with E-state index in [1.807, 2.05) is 0 Å². The fourth-order valence-corrected chi connectivity index (χ4v) is 5.65. The van der Waals surface area contributed by atoms with E-state index in [4.69, 9.17) is 4.74 Å². The van der Waals surface area contributed by atoms with Crippen molar-refractivity contribution in [1.29, 1.82) is 0 Å². The third-order valence-electron chi connectivity index (χ3n) is 7.95. The second kappa shape index (κ2) is 7.08. The molecule has 2 heterocycles. The van der Waals surface area contributed by atoms with Crippen LogP contribution in [0.5, 0.6) is 11.5 Å². The lowest BCUT2D eigenvalue weighted by Crippen LogP contribution is -2.33. The van der Waals surface area contributed by atoms with Crippen LogP contribution in [0.2, 0.25) is 0 Å². The first-order valence-electron chi connectivity index (χ1n) is 11.9. The molecule has 1 aromatic heterocycles. The summed E-state index contributed by atoms with van der Waals surface area (Å²) in [6.45, 7) is 13.9. The molecule has 1 saturated carbocycles. The van der Waals surface area contributed by atoms with Gasteiger partial charge < -0.3 is 4.74 Å². The SMILES string of the molecule is Cc1cc2cc(C(C)C)cc3c2c(c1C)-c1c(c(C2CCC(C)(C)CC2)cc[n+]1C)O3. The van der Waals surface area contributed by atoms with Crippen molar-refractivity contribution in [3.8, 4) is 22.8 Å². The Morgan fingerprint density at radius 3 is 2.45 bits per heavy atom. The van der Waals surface area contributed by atoms with Gasteiger partial charge in [-0.3, -0.25) is 0 Å². The molecule has 2 aliphatic rings. The number of fused-ring (bicyclic) bond motifs is 2. The minimum absolute atomic E-state index is 0.467. The highest BCUT2D eigenvalue weighted by Crippen LogP contribution is 2.52. The molecule has 2 aromatic carbocycles. The van der Waals surface area contributed by atoms with Crippen LogP contribution in [0, 0.1) is 19.3 Å². The summed E-state index contributed by atoms with van der Waals surface area (Å²) in [6.07, 6.45) is 7.32. The Labute approximate surface area is 187 Å². The lowest BCUT2D eigenvalue weighted by atomic mass is 9.71. The van der Waals surface area contributed by atoms with Crippen LogP contribution in [0.15, 0.2) is 30.5 Å². The van der Waals surface area contributed by atoms with E-state index in [1.54, 1.807) is 0 Å². The van der Waals surface area contributed by atoms with Gasteiger partial charge >= 0.3 is 0 Å². The highest BCUT2D eigenvalue weighted by atomic mass is 16.5. The fourth-order valence-electron chi connectivity index (χ4n) is 5.65. The maximum Gasteiger partial charge on any atom is 0.256 e. The van der Waals surface area contributed by atoms with Crippen molar-refractivity contribution in [2.45, 2.75) is 79.1 Å². The third kappa shape index (κ3) is 3.26. The molecule has 2 heteroatoms. The topological polar surface area (TPSA) is 13.1 Å². The van der Waals surface area contributed by atoms with Crippen molar-refractivity contribution in [3.63, 3.8) is 0 Å². The number of aryl methyl sites for hydroxylation is 2. The van der Waals surface area contributed by atoms with Crippen molar-refractivity contribution in [1.82, 2.24) is 0 Å². The van der Waals surface area contributed by atoms with Crippen molar-refractivity contribution < 1.29 is 9.30 Å². The molecule has 1 aliphatic carbocycles.